The Morgan fingerprint density at radius 3 is 2.71 bits per heavy atom. The average Bonchev–Trinajstić information content (AvgIpc) is 2.73. The number of rotatable bonds is 6. The van der Waals surface area contributed by atoms with Gasteiger partial charge in [-0.1, -0.05) is 27.5 Å². The van der Waals surface area contributed by atoms with Gasteiger partial charge in [0.2, 0.25) is 0 Å². The zero-order chi connectivity index (χ0) is 22.9. The molecule has 0 aliphatic rings. The number of hydrogen-bond donors (Lipinski definition) is 1. The number of benzene rings is 2. The van der Waals surface area contributed by atoms with E-state index in [9.17, 15) is 9.59 Å². The number of carboxylic acid groups (broad SMARTS) is 1. The van der Waals surface area contributed by atoms with E-state index in [-0.39, 0.29) is 22.1 Å². The van der Waals surface area contributed by atoms with Crippen molar-refractivity contribution in [3.05, 3.63) is 60.0 Å². The molecule has 1 N–H and O–H groups in total. The van der Waals surface area contributed by atoms with Gasteiger partial charge in [-0.05, 0) is 54.0 Å². The van der Waals surface area contributed by atoms with Crippen molar-refractivity contribution >= 4 is 66.5 Å². The highest BCUT2D eigenvalue weighted by Crippen LogP contribution is 2.42. The molecule has 1 aromatic heterocycles. The minimum absolute atomic E-state index is 0.0775. The van der Waals surface area contributed by atoms with Gasteiger partial charge in [0, 0.05) is 14.5 Å². The zero-order valence-electron chi connectivity index (χ0n) is 16.5. The van der Waals surface area contributed by atoms with Crippen LogP contribution < -0.4 is 15.0 Å². The number of ether oxygens (including phenoxy) is 2. The van der Waals surface area contributed by atoms with Crippen molar-refractivity contribution in [1.82, 2.24) is 9.66 Å². The van der Waals surface area contributed by atoms with Gasteiger partial charge in [0.1, 0.15) is 10.8 Å². The fourth-order valence-electron chi connectivity index (χ4n) is 2.70. The Kier molecular flexibility index (Phi) is 7.03. The van der Waals surface area contributed by atoms with Gasteiger partial charge in [-0.25, -0.2) is 9.78 Å². The highest BCUT2D eigenvalue weighted by molar-refractivity contribution is 9.10. The topological polar surface area (TPSA) is 103 Å². The van der Waals surface area contributed by atoms with Gasteiger partial charge in [-0.3, -0.25) is 4.79 Å². The number of hydrogen-bond acceptors (Lipinski definition) is 6. The molecule has 0 saturated heterocycles. The average molecular weight is 574 g/mol. The second-order valence-corrected chi connectivity index (χ2v) is 8.49. The molecule has 0 unspecified atom stereocenters. The summed E-state index contributed by atoms with van der Waals surface area (Å²) < 4.78 is 13.1. The molecular formula is C20H16Br2ClN3O5. The highest BCUT2D eigenvalue weighted by atomic mass is 79.9. The molecule has 0 amide bonds. The number of methoxy groups -OCH3 is 1. The summed E-state index contributed by atoms with van der Waals surface area (Å²) in [4.78, 5) is 28.4. The third-order valence-corrected chi connectivity index (χ3v) is 6.24. The number of carbonyl (C=O) groups is 1. The maximum Gasteiger partial charge on any atom is 0.344 e. The quantitative estimate of drug-likeness (QED) is 0.432. The molecule has 162 valence electrons. The second-order valence-electron chi connectivity index (χ2n) is 6.41. The van der Waals surface area contributed by atoms with Crippen molar-refractivity contribution in [1.29, 1.82) is 0 Å². The van der Waals surface area contributed by atoms with Crippen molar-refractivity contribution in [3.63, 3.8) is 0 Å². The first-order valence-electron chi connectivity index (χ1n) is 8.82. The number of nitrogens with zero attached hydrogens (tertiary/aromatic N) is 3. The van der Waals surface area contributed by atoms with E-state index < -0.39 is 12.1 Å². The van der Waals surface area contributed by atoms with Crippen LogP contribution in [0.15, 0.2) is 43.1 Å². The van der Waals surface area contributed by atoms with Crippen LogP contribution in [0.5, 0.6) is 11.5 Å². The molecule has 11 heteroatoms. The monoisotopic (exact) mass is 571 g/mol. The van der Waals surface area contributed by atoms with Gasteiger partial charge in [0.05, 0.1) is 24.2 Å². The number of fused-ring (bicyclic) bond motifs is 1. The summed E-state index contributed by atoms with van der Waals surface area (Å²) in [6, 6.07) is 6.80. The molecule has 3 rings (SSSR count). The second kappa shape index (κ2) is 9.37. The van der Waals surface area contributed by atoms with E-state index >= 15 is 0 Å². The SMILES string of the molecule is COc1cc(C=Nn2c(C)nc3ccc(Br)cc3c2=O)c(Br)c(Cl)c1O[C@@H](C)C(=O)O. The van der Waals surface area contributed by atoms with Crippen molar-refractivity contribution < 1.29 is 19.4 Å². The molecule has 2 aromatic carbocycles. The minimum atomic E-state index is -1.15. The molecule has 1 heterocycles. The molecule has 3 aromatic rings. The van der Waals surface area contributed by atoms with Gasteiger partial charge in [-0.15, -0.1) is 0 Å². The first kappa shape index (κ1) is 23.2. The Balaban J connectivity index is 2.08. The molecule has 0 spiro atoms. The van der Waals surface area contributed by atoms with Crippen LogP contribution in [0.25, 0.3) is 10.9 Å². The molecule has 0 radical (unpaired) electrons. The lowest BCUT2D eigenvalue weighted by Crippen LogP contribution is -2.23. The maximum absolute atomic E-state index is 12.9. The lowest BCUT2D eigenvalue weighted by molar-refractivity contribution is -0.144. The predicted molar refractivity (Wildman–Crippen MR) is 125 cm³/mol. The van der Waals surface area contributed by atoms with E-state index in [4.69, 9.17) is 26.2 Å². The highest BCUT2D eigenvalue weighted by Gasteiger charge is 2.22. The summed E-state index contributed by atoms with van der Waals surface area (Å²) in [7, 11) is 1.40. The van der Waals surface area contributed by atoms with Gasteiger partial charge >= 0.3 is 5.97 Å². The summed E-state index contributed by atoms with van der Waals surface area (Å²) >= 11 is 13.1. The Morgan fingerprint density at radius 2 is 2.06 bits per heavy atom. The number of aromatic nitrogens is 2. The molecule has 0 fully saturated rings. The first-order valence-corrected chi connectivity index (χ1v) is 10.8. The molecule has 0 aliphatic carbocycles. The molecule has 31 heavy (non-hydrogen) atoms. The number of halogens is 3. The van der Waals surface area contributed by atoms with Crippen LogP contribution in [0.3, 0.4) is 0 Å². The van der Waals surface area contributed by atoms with E-state index in [1.807, 2.05) is 6.07 Å². The fraction of sp³-hybridized carbons (Fsp3) is 0.200. The molecule has 8 nitrogen and oxygen atoms in total. The summed E-state index contributed by atoms with van der Waals surface area (Å²) in [6.45, 7) is 3.05. The summed E-state index contributed by atoms with van der Waals surface area (Å²) in [6.07, 6.45) is 0.282. The van der Waals surface area contributed by atoms with Crippen LogP contribution in [-0.2, 0) is 4.79 Å². The number of aryl methyl sites for hydroxylation is 1. The van der Waals surface area contributed by atoms with Gasteiger partial charge in [-0.2, -0.15) is 9.78 Å². The summed E-state index contributed by atoms with van der Waals surface area (Å²) in [5.74, 6) is -0.452. The molecular weight excluding hydrogens is 557 g/mol. The summed E-state index contributed by atoms with van der Waals surface area (Å²) in [5.41, 5.74) is 0.722. The van der Waals surface area contributed by atoms with E-state index in [0.29, 0.717) is 26.8 Å². The number of aliphatic carboxylic acids is 1. The fourth-order valence-corrected chi connectivity index (χ4v) is 3.71. The molecule has 0 saturated carbocycles. The lowest BCUT2D eigenvalue weighted by Gasteiger charge is -2.17. The predicted octanol–water partition coefficient (Wildman–Crippen LogP) is 4.63. The van der Waals surface area contributed by atoms with Gasteiger partial charge < -0.3 is 14.6 Å². The molecule has 1 atom stereocenters. The van der Waals surface area contributed by atoms with Crippen molar-refractivity contribution in [2.75, 3.05) is 7.11 Å². The Labute approximate surface area is 198 Å². The number of carboxylic acids is 1. The van der Waals surface area contributed by atoms with Crippen LogP contribution in [0.1, 0.15) is 18.3 Å². The van der Waals surface area contributed by atoms with E-state index in [2.05, 4.69) is 41.9 Å². The minimum Gasteiger partial charge on any atom is -0.493 e. The van der Waals surface area contributed by atoms with Crippen LogP contribution >= 0.6 is 43.5 Å². The van der Waals surface area contributed by atoms with Crippen LogP contribution in [0.2, 0.25) is 5.02 Å². The Bertz CT molecular complexity index is 1280. The normalized spacial score (nSPS) is 12.3. The van der Waals surface area contributed by atoms with E-state index in [1.165, 1.54) is 24.9 Å². The zero-order valence-corrected chi connectivity index (χ0v) is 20.4. The van der Waals surface area contributed by atoms with E-state index in [1.54, 1.807) is 25.1 Å². The molecule has 0 aliphatic heterocycles. The van der Waals surface area contributed by atoms with E-state index in [0.717, 1.165) is 4.47 Å². The van der Waals surface area contributed by atoms with Crippen molar-refractivity contribution in [2.24, 2.45) is 5.10 Å². The summed E-state index contributed by atoms with van der Waals surface area (Å²) in [5, 5.41) is 13.9. The Morgan fingerprint density at radius 1 is 1.35 bits per heavy atom. The van der Waals surface area contributed by atoms with Crippen LogP contribution in [-0.4, -0.2) is 40.2 Å². The largest absolute Gasteiger partial charge is 0.493 e. The maximum atomic E-state index is 12.9. The van der Waals surface area contributed by atoms with Crippen LogP contribution in [0, 0.1) is 6.92 Å². The first-order chi connectivity index (χ1) is 14.6. The Hall–Kier alpha value is -2.43. The van der Waals surface area contributed by atoms with Gasteiger partial charge in [0.25, 0.3) is 5.56 Å². The third kappa shape index (κ3) is 4.76. The van der Waals surface area contributed by atoms with Gasteiger partial charge in [0.15, 0.2) is 17.6 Å². The standard InChI is InChI=1S/C20H16Br2ClN3O5/c1-9(20(28)29)31-18-15(30-3)6-11(16(22)17(18)23)8-24-26-10(2)25-14-5-4-12(21)7-13(14)19(26)27/h4-9H,1-3H3,(H,28,29)/t9-/m0/s1. The lowest BCUT2D eigenvalue weighted by atomic mass is 10.2. The molecule has 0 bridgehead atoms. The smallest absolute Gasteiger partial charge is 0.344 e. The van der Waals surface area contributed by atoms with Crippen LogP contribution in [0.4, 0.5) is 0 Å². The van der Waals surface area contributed by atoms with Crippen molar-refractivity contribution in [2.45, 2.75) is 20.0 Å². The third-order valence-electron chi connectivity index (χ3n) is 4.30. The van der Waals surface area contributed by atoms with Crippen molar-refractivity contribution in [3.8, 4) is 11.5 Å².